The lowest BCUT2D eigenvalue weighted by Crippen LogP contribution is -2.29. The molecule has 4 nitrogen and oxygen atoms in total. The van der Waals surface area contributed by atoms with Crippen molar-refractivity contribution in [2.75, 3.05) is 0 Å². The maximum atomic E-state index is 12.0. The van der Waals surface area contributed by atoms with Gasteiger partial charge in [0.05, 0.1) is 12.2 Å². The van der Waals surface area contributed by atoms with E-state index in [0.29, 0.717) is 10.8 Å². The molecule has 0 radical (unpaired) electrons. The molecule has 1 unspecified atom stereocenters. The zero-order chi connectivity index (χ0) is 12.4. The van der Waals surface area contributed by atoms with Gasteiger partial charge in [0.15, 0.2) is 0 Å². The molecule has 1 aromatic carbocycles. The summed E-state index contributed by atoms with van der Waals surface area (Å²) in [5, 5.41) is 6.78. The van der Waals surface area contributed by atoms with Gasteiger partial charge in [0, 0.05) is 0 Å². The molecule has 1 amide bonds. The predicted molar refractivity (Wildman–Crippen MR) is 69.3 cm³/mol. The van der Waals surface area contributed by atoms with E-state index in [1.807, 2.05) is 18.2 Å². The van der Waals surface area contributed by atoms with Gasteiger partial charge in [0.2, 0.25) is 0 Å². The fourth-order valence-electron chi connectivity index (χ4n) is 2.04. The second-order valence-corrected chi connectivity index (χ2v) is 5.27. The summed E-state index contributed by atoms with van der Waals surface area (Å²) < 4.78 is 3.71. The zero-order valence-corrected chi connectivity index (χ0v) is 10.6. The number of hydrogen-bond donors (Lipinski definition) is 1. The number of benzene rings is 1. The minimum absolute atomic E-state index is 0.0780. The Morgan fingerprint density at radius 3 is 2.72 bits per heavy atom. The molecule has 3 rings (SSSR count). The van der Waals surface area contributed by atoms with E-state index >= 15 is 0 Å². The molecule has 18 heavy (non-hydrogen) atoms. The number of nitrogens with one attached hydrogen (secondary N) is 1. The Hall–Kier alpha value is -1.75. The van der Waals surface area contributed by atoms with E-state index in [2.05, 4.69) is 27.0 Å². The van der Waals surface area contributed by atoms with E-state index in [4.69, 9.17) is 0 Å². The summed E-state index contributed by atoms with van der Waals surface area (Å²) in [7, 11) is 0. The molecule has 1 N–H and O–H groups in total. The third-order valence-electron chi connectivity index (χ3n) is 3.12. The van der Waals surface area contributed by atoms with Crippen molar-refractivity contribution < 1.29 is 4.79 Å². The standard InChI is InChI=1S/C13H13N3OS/c17-13(11-8-14-16-18-11)15-12(10-6-7-10)9-4-2-1-3-5-9/h1-5,8,10,12H,6-7H2,(H,15,17). The Balaban J connectivity index is 1.77. The molecule has 1 aliphatic rings. The second kappa shape index (κ2) is 4.86. The molecular formula is C13H13N3OS. The van der Waals surface area contributed by atoms with Crippen LogP contribution in [0.5, 0.6) is 0 Å². The summed E-state index contributed by atoms with van der Waals surface area (Å²) >= 11 is 1.13. The minimum atomic E-state index is -0.0780. The fourth-order valence-corrected chi connectivity index (χ4v) is 2.46. The number of carbonyl (C=O) groups is 1. The number of nitrogens with zero attached hydrogens (tertiary/aromatic N) is 2. The van der Waals surface area contributed by atoms with Crippen molar-refractivity contribution in [3.63, 3.8) is 0 Å². The minimum Gasteiger partial charge on any atom is -0.344 e. The lowest BCUT2D eigenvalue weighted by atomic mass is 10.0. The first kappa shape index (κ1) is 11.3. The van der Waals surface area contributed by atoms with E-state index in [1.165, 1.54) is 24.6 Å². The predicted octanol–water partition coefficient (Wildman–Crippen LogP) is 2.42. The van der Waals surface area contributed by atoms with E-state index in [1.54, 1.807) is 0 Å². The van der Waals surface area contributed by atoms with Crippen LogP contribution in [0.25, 0.3) is 0 Å². The average molecular weight is 259 g/mol. The van der Waals surface area contributed by atoms with E-state index in [9.17, 15) is 4.79 Å². The van der Waals surface area contributed by atoms with Gasteiger partial charge in [0.25, 0.3) is 5.91 Å². The van der Waals surface area contributed by atoms with Gasteiger partial charge in [0.1, 0.15) is 4.88 Å². The third kappa shape index (κ3) is 2.41. The smallest absolute Gasteiger partial charge is 0.265 e. The van der Waals surface area contributed by atoms with Gasteiger partial charge in [-0.15, -0.1) is 5.10 Å². The van der Waals surface area contributed by atoms with Crippen molar-refractivity contribution in [3.05, 3.63) is 47.0 Å². The van der Waals surface area contributed by atoms with E-state index < -0.39 is 0 Å². The Morgan fingerprint density at radius 1 is 1.33 bits per heavy atom. The molecular weight excluding hydrogens is 246 g/mol. The monoisotopic (exact) mass is 259 g/mol. The molecule has 1 atom stereocenters. The van der Waals surface area contributed by atoms with Gasteiger partial charge in [-0.2, -0.15) is 0 Å². The maximum Gasteiger partial charge on any atom is 0.265 e. The lowest BCUT2D eigenvalue weighted by Gasteiger charge is -2.18. The maximum absolute atomic E-state index is 12.0. The molecule has 0 aliphatic heterocycles. The first-order valence-corrected chi connectivity index (χ1v) is 6.75. The van der Waals surface area contributed by atoms with Crippen LogP contribution in [-0.4, -0.2) is 15.5 Å². The van der Waals surface area contributed by atoms with Crippen molar-refractivity contribution in [1.82, 2.24) is 14.9 Å². The quantitative estimate of drug-likeness (QED) is 0.917. The number of hydrogen-bond acceptors (Lipinski definition) is 4. The molecule has 2 aromatic rings. The molecule has 92 valence electrons. The molecule has 0 saturated heterocycles. The molecule has 0 spiro atoms. The SMILES string of the molecule is O=C(NC(c1ccccc1)C1CC1)c1cnns1. The third-order valence-corrected chi connectivity index (χ3v) is 3.79. The Kier molecular flexibility index (Phi) is 3.06. The van der Waals surface area contributed by atoms with Crippen LogP contribution in [0, 0.1) is 5.92 Å². The molecule has 1 fully saturated rings. The normalized spacial score (nSPS) is 16.2. The van der Waals surface area contributed by atoms with Crippen molar-refractivity contribution in [2.45, 2.75) is 18.9 Å². The van der Waals surface area contributed by atoms with Gasteiger partial charge in [-0.3, -0.25) is 4.79 Å². The van der Waals surface area contributed by atoms with Crippen LogP contribution < -0.4 is 5.32 Å². The van der Waals surface area contributed by atoms with Crippen molar-refractivity contribution in [2.24, 2.45) is 5.92 Å². The number of carbonyl (C=O) groups excluding carboxylic acids is 1. The highest BCUT2D eigenvalue weighted by atomic mass is 32.1. The summed E-state index contributed by atoms with van der Waals surface area (Å²) in [4.78, 5) is 12.6. The summed E-state index contributed by atoms with van der Waals surface area (Å²) in [5.74, 6) is 0.489. The van der Waals surface area contributed by atoms with E-state index in [0.717, 1.165) is 11.5 Å². The number of amides is 1. The molecule has 1 heterocycles. The molecule has 1 aromatic heterocycles. The summed E-state index contributed by atoms with van der Waals surface area (Å²) in [6.45, 7) is 0. The fraction of sp³-hybridized carbons (Fsp3) is 0.308. The summed E-state index contributed by atoms with van der Waals surface area (Å²) in [6.07, 6.45) is 3.87. The van der Waals surface area contributed by atoms with Crippen molar-refractivity contribution in [3.8, 4) is 0 Å². The molecule has 5 heteroatoms. The number of rotatable bonds is 4. The van der Waals surface area contributed by atoms with Crippen LogP contribution in [-0.2, 0) is 0 Å². The highest BCUT2D eigenvalue weighted by molar-refractivity contribution is 7.07. The van der Waals surface area contributed by atoms with Crippen LogP contribution in [0.15, 0.2) is 36.5 Å². The van der Waals surface area contributed by atoms with Gasteiger partial charge >= 0.3 is 0 Å². The molecule has 1 saturated carbocycles. The molecule has 0 bridgehead atoms. The lowest BCUT2D eigenvalue weighted by molar-refractivity contribution is 0.0935. The highest BCUT2D eigenvalue weighted by Crippen LogP contribution is 2.41. The van der Waals surface area contributed by atoms with E-state index in [-0.39, 0.29) is 11.9 Å². The second-order valence-electron chi connectivity index (χ2n) is 4.48. The van der Waals surface area contributed by atoms with Crippen LogP contribution in [0.1, 0.15) is 34.1 Å². The first-order valence-electron chi connectivity index (χ1n) is 5.98. The van der Waals surface area contributed by atoms with Gasteiger partial charge in [-0.05, 0) is 35.9 Å². The van der Waals surface area contributed by atoms with Crippen LogP contribution in [0.4, 0.5) is 0 Å². The van der Waals surface area contributed by atoms with Crippen molar-refractivity contribution in [1.29, 1.82) is 0 Å². The summed E-state index contributed by atoms with van der Waals surface area (Å²) in [5.41, 5.74) is 1.17. The Labute approximate surface area is 109 Å². The highest BCUT2D eigenvalue weighted by Gasteiger charge is 2.33. The zero-order valence-electron chi connectivity index (χ0n) is 9.74. The molecule has 1 aliphatic carbocycles. The van der Waals surface area contributed by atoms with Gasteiger partial charge in [-0.1, -0.05) is 34.8 Å². The summed E-state index contributed by atoms with van der Waals surface area (Å²) in [6, 6.07) is 10.2. The van der Waals surface area contributed by atoms with Crippen molar-refractivity contribution >= 4 is 17.4 Å². The number of aromatic nitrogens is 2. The largest absolute Gasteiger partial charge is 0.344 e. The topological polar surface area (TPSA) is 54.9 Å². The Bertz CT molecular complexity index is 522. The van der Waals surface area contributed by atoms with Gasteiger partial charge in [-0.25, -0.2) is 0 Å². The first-order chi connectivity index (χ1) is 8.84. The Morgan fingerprint density at radius 2 is 2.11 bits per heavy atom. The van der Waals surface area contributed by atoms with Crippen LogP contribution >= 0.6 is 11.5 Å². The van der Waals surface area contributed by atoms with Gasteiger partial charge < -0.3 is 5.32 Å². The van der Waals surface area contributed by atoms with Crippen LogP contribution in [0.3, 0.4) is 0 Å². The average Bonchev–Trinajstić information content (AvgIpc) is 3.10. The van der Waals surface area contributed by atoms with Crippen LogP contribution in [0.2, 0.25) is 0 Å².